The average Bonchev–Trinajstić information content (AvgIpc) is 3.01. The van der Waals surface area contributed by atoms with Crippen molar-refractivity contribution in [2.45, 2.75) is 6.54 Å². The molecule has 0 amide bonds. The van der Waals surface area contributed by atoms with Crippen LogP contribution in [0.5, 0.6) is 5.75 Å². The average molecular weight is 316 g/mol. The topological polar surface area (TPSA) is 66.0 Å². The fraction of sp³-hybridized carbons (Fsp3) is 0.125. The second kappa shape index (κ2) is 6.13. The third-order valence-electron chi connectivity index (χ3n) is 3.44. The number of nitrogens with zero attached hydrogens (tertiary/aromatic N) is 3. The molecule has 0 radical (unpaired) electrons. The van der Waals surface area contributed by atoms with Crippen molar-refractivity contribution in [1.29, 1.82) is 0 Å². The molecule has 0 saturated carbocycles. The summed E-state index contributed by atoms with van der Waals surface area (Å²) in [6, 6.07) is 10.8. The van der Waals surface area contributed by atoms with Crippen LogP contribution in [0.15, 0.2) is 42.5 Å². The number of rotatable bonds is 4. The van der Waals surface area contributed by atoms with Crippen LogP contribution < -0.4 is 10.5 Å². The van der Waals surface area contributed by atoms with E-state index >= 15 is 0 Å². The molecule has 1 aromatic heterocycles. The highest BCUT2D eigenvalue weighted by Gasteiger charge is 2.18. The van der Waals surface area contributed by atoms with E-state index in [1.165, 1.54) is 17.9 Å². The van der Waals surface area contributed by atoms with Crippen LogP contribution in [0, 0.1) is 11.6 Å². The van der Waals surface area contributed by atoms with E-state index < -0.39 is 11.6 Å². The first kappa shape index (κ1) is 15.1. The lowest BCUT2D eigenvalue weighted by Gasteiger charge is -2.11. The molecular weight excluding hydrogens is 302 g/mol. The number of hydrogen-bond acceptors (Lipinski definition) is 4. The van der Waals surface area contributed by atoms with E-state index in [0.717, 1.165) is 12.1 Å². The Morgan fingerprint density at radius 3 is 2.61 bits per heavy atom. The first-order valence-corrected chi connectivity index (χ1v) is 6.89. The predicted octanol–water partition coefficient (Wildman–Crippen LogP) is 2.68. The number of ether oxygens (including phenoxy) is 1. The van der Waals surface area contributed by atoms with Crippen molar-refractivity contribution >= 4 is 0 Å². The molecule has 0 unspecified atom stereocenters. The molecule has 0 aliphatic heterocycles. The quantitative estimate of drug-likeness (QED) is 0.803. The monoisotopic (exact) mass is 316 g/mol. The standard InChI is InChI=1S/C16H14F2N4O/c1-23-15-5-3-2-4-14(15)22-16(13(9-19)20-21-22)10-6-7-11(17)12(18)8-10/h2-8H,9,19H2,1H3. The van der Waals surface area contributed by atoms with Gasteiger partial charge in [-0.3, -0.25) is 0 Å². The summed E-state index contributed by atoms with van der Waals surface area (Å²) < 4.78 is 33.6. The second-order valence-corrected chi connectivity index (χ2v) is 4.80. The zero-order valence-corrected chi connectivity index (χ0v) is 12.3. The SMILES string of the molecule is COc1ccccc1-n1nnc(CN)c1-c1ccc(F)c(F)c1. The van der Waals surface area contributed by atoms with E-state index in [4.69, 9.17) is 10.5 Å². The number of aromatic nitrogens is 3. The Labute approximate surface area is 131 Å². The molecule has 0 aliphatic carbocycles. The number of nitrogens with two attached hydrogens (primary N) is 1. The molecule has 0 fully saturated rings. The largest absolute Gasteiger partial charge is 0.494 e. The highest BCUT2D eigenvalue weighted by atomic mass is 19.2. The van der Waals surface area contributed by atoms with Gasteiger partial charge < -0.3 is 10.5 Å². The third-order valence-corrected chi connectivity index (χ3v) is 3.44. The predicted molar refractivity (Wildman–Crippen MR) is 81.2 cm³/mol. The van der Waals surface area contributed by atoms with E-state index in [-0.39, 0.29) is 6.54 Å². The summed E-state index contributed by atoms with van der Waals surface area (Å²) in [5.41, 5.74) is 7.73. The van der Waals surface area contributed by atoms with Crippen LogP contribution >= 0.6 is 0 Å². The number of benzene rings is 2. The molecule has 0 saturated heterocycles. The fourth-order valence-corrected chi connectivity index (χ4v) is 2.36. The molecule has 0 atom stereocenters. The highest BCUT2D eigenvalue weighted by molar-refractivity contribution is 5.65. The molecule has 23 heavy (non-hydrogen) atoms. The molecule has 1 heterocycles. The summed E-state index contributed by atoms with van der Waals surface area (Å²) >= 11 is 0. The molecular formula is C16H14F2N4O. The van der Waals surface area contributed by atoms with Gasteiger partial charge in [0.1, 0.15) is 17.1 Å². The van der Waals surface area contributed by atoms with Gasteiger partial charge in [0.25, 0.3) is 0 Å². The number of methoxy groups -OCH3 is 1. The van der Waals surface area contributed by atoms with Crippen LogP contribution in [0.1, 0.15) is 5.69 Å². The zero-order valence-electron chi connectivity index (χ0n) is 12.3. The summed E-state index contributed by atoms with van der Waals surface area (Å²) in [5, 5.41) is 8.12. The van der Waals surface area contributed by atoms with Crippen molar-refractivity contribution in [3.05, 3.63) is 59.8 Å². The Balaban J connectivity index is 2.24. The van der Waals surface area contributed by atoms with Crippen molar-refractivity contribution in [3.63, 3.8) is 0 Å². The smallest absolute Gasteiger partial charge is 0.159 e. The molecule has 118 valence electrons. The van der Waals surface area contributed by atoms with Gasteiger partial charge in [0.2, 0.25) is 0 Å². The Morgan fingerprint density at radius 2 is 1.91 bits per heavy atom. The normalized spacial score (nSPS) is 10.8. The first-order valence-electron chi connectivity index (χ1n) is 6.89. The van der Waals surface area contributed by atoms with Crippen LogP contribution in [0.4, 0.5) is 8.78 Å². The van der Waals surface area contributed by atoms with Gasteiger partial charge in [-0.25, -0.2) is 13.5 Å². The fourth-order valence-electron chi connectivity index (χ4n) is 2.36. The maximum atomic E-state index is 13.6. The van der Waals surface area contributed by atoms with Crippen molar-refractivity contribution < 1.29 is 13.5 Å². The summed E-state index contributed by atoms with van der Waals surface area (Å²) in [6.07, 6.45) is 0. The molecule has 3 aromatic rings. The van der Waals surface area contributed by atoms with Crippen LogP contribution in [0.25, 0.3) is 16.9 Å². The number of halogens is 2. The van der Waals surface area contributed by atoms with Crippen LogP contribution in [0.3, 0.4) is 0 Å². The van der Waals surface area contributed by atoms with Crippen molar-refractivity contribution in [3.8, 4) is 22.7 Å². The Morgan fingerprint density at radius 1 is 1.13 bits per heavy atom. The molecule has 2 N–H and O–H groups in total. The number of hydrogen-bond donors (Lipinski definition) is 1. The molecule has 3 rings (SSSR count). The molecule has 5 nitrogen and oxygen atoms in total. The van der Waals surface area contributed by atoms with Gasteiger partial charge >= 0.3 is 0 Å². The van der Waals surface area contributed by atoms with E-state index in [0.29, 0.717) is 28.4 Å². The van der Waals surface area contributed by atoms with E-state index in [1.807, 2.05) is 12.1 Å². The molecule has 0 spiro atoms. The maximum absolute atomic E-state index is 13.6. The van der Waals surface area contributed by atoms with Crippen molar-refractivity contribution in [1.82, 2.24) is 15.0 Å². The minimum atomic E-state index is -0.946. The summed E-state index contributed by atoms with van der Waals surface area (Å²) in [5.74, 6) is -1.29. The first-order chi connectivity index (χ1) is 11.2. The van der Waals surface area contributed by atoms with Gasteiger partial charge in [0, 0.05) is 12.1 Å². The molecule has 0 aliphatic rings. The molecule has 0 bridgehead atoms. The van der Waals surface area contributed by atoms with Crippen LogP contribution in [0.2, 0.25) is 0 Å². The molecule has 2 aromatic carbocycles. The van der Waals surface area contributed by atoms with E-state index in [9.17, 15) is 8.78 Å². The van der Waals surface area contributed by atoms with Gasteiger partial charge in [-0.15, -0.1) is 5.10 Å². The van der Waals surface area contributed by atoms with E-state index in [2.05, 4.69) is 10.3 Å². The Hall–Kier alpha value is -2.80. The van der Waals surface area contributed by atoms with Crippen molar-refractivity contribution in [2.24, 2.45) is 5.73 Å². The minimum Gasteiger partial charge on any atom is -0.494 e. The summed E-state index contributed by atoms with van der Waals surface area (Å²) in [6.45, 7) is 0.115. The Kier molecular flexibility index (Phi) is 4.03. The van der Waals surface area contributed by atoms with E-state index in [1.54, 1.807) is 12.1 Å². The summed E-state index contributed by atoms with van der Waals surface area (Å²) in [7, 11) is 1.54. The van der Waals surface area contributed by atoms with Gasteiger partial charge in [-0.1, -0.05) is 17.3 Å². The third kappa shape index (κ3) is 2.66. The van der Waals surface area contributed by atoms with Crippen LogP contribution in [-0.4, -0.2) is 22.1 Å². The van der Waals surface area contributed by atoms with Gasteiger partial charge in [-0.2, -0.15) is 0 Å². The van der Waals surface area contributed by atoms with Crippen molar-refractivity contribution in [2.75, 3.05) is 7.11 Å². The number of para-hydroxylation sites is 2. The van der Waals surface area contributed by atoms with Gasteiger partial charge in [0.05, 0.1) is 12.8 Å². The maximum Gasteiger partial charge on any atom is 0.159 e. The minimum absolute atomic E-state index is 0.115. The molecule has 7 heteroatoms. The lowest BCUT2D eigenvalue weighted by Crippen LogP contribution is -2.04. The lowest BCUT2D eigenvalue weighted by atomic mass is 10.1. The summed E-state index contributed by atoms with van der Waals surface area (Å²) in [4.78, 5) is 0. The highest BCUT2D eigenvalue weighted by Crippen LogP contribution is 2.30. The second-order valence-electron chi connectivity index (χ2n) is 4.80. The van der Waals surface area contributed by atoms with Gasteiger partial charge in [-0.05, 0) is 30.3 Å². The van der Waals surface area contributed by atoms with Crippen LogP contribution in [-0.2, 0) is 6.54 Å². The lowest BCUT2D eigenvalue weighted by molar-refractivity contribution is 0.411. The zero-order chi connectivity index (χ0) is 16.4. The Bertz CT molecular complexity index is 848. The van der Waals surface area contributed by atoms with Gasteiger partial charge in [0.15, 0.2) is 11.6 Å².